The predicted octanol–water partition coefficient (Wildman–Crippen LogP) is 0.0177. The molecule has 20 heavy (non-hydrogen) atoms. The molecule has 1 amide bonds. The highest BCUT2D eigenvalue weighted by molar-refractivity contribution is 6.04. The van der Waals surface area contributed by atoms with Crippen LogP contribution in [0, 0.1) is 0 Å². The Morgan fingerprint density at radius 1 is 1.45 bits per heavy atom. The minimum Gasteiger partial charge on any atom is -0.508 e. The Morgan fingerprint density at radius 3 is 2.85 bits per heavy atom. The van der Waals surface area contributed by atoms with Gasteiger partial charge >= 0.3 is 0 Å². The highest BCUT2D eigenvalue weighted by Gasteiger charge is 2.33. The maximum Gasteiger partial charge on any atom is 0.263 e. The van der Waals surface area contributed by atoms with Crippen molar-refractivity contribution in [2.24, 2.45) is 0 Å². The molecular weight excluding hydrogens is 258 g/mol. The molecule has 1 unspecified atom stereocenters. The summed E-state index contributed by atoms with van der Waals surface area (Å²) >= 11 is 0. The molecular formula is C15H17NO4. The molecule has 5 heteroatoms. The lowest BCUT2D eigenvalue weighted by molar-refractivity contribution is -0.127. The summed E-state index contributed by atoms with van der Waals surface area (Å²) < 4.78 is 5.47. The zero-order valence-corrected chi connectivity index (χ0v) is 11.5. The molecule has 1 atom stereocenters. The SMILES string of the molecule is CCCCOC1C(=O)N(C)c2cccc(=C=O)c2=C1O. The molecule has 0 fully saturated rings. The number of unbranched alkanes of at least 4 members (excludes halogenated alkanes) is 1. The van der Waals surface area contributed by atoms with Crippen molar-refractivity contribution in [2.75, 3.05) is 18.6 Å². The van der Waals surface area contributed by atoms with Crippen molar-refractivity contribution in [1.29, 1.82) is 0 Å². The van der Waals surface area contributed by atoms with Gasteiger partial charge in [0.1, 0.15) is 11.7 Å². The maximum atomic E-state index is 12.2. The highest BCUT2D eigenvalue weighted by atomic mass is 16.5. The van der Waals surface area contributed by atoms with Crippen LogP contribution in [-0.2, 0) is 14.3 Å². The Morgan fingerprint density at radius 2 is 2.20 bits per heavy atom. The summed E-state index contributed by atoms with van der Waals surface area (Å²) in [6, 6.07) is 4.87. The van der Waals surface area contributed by atoms with Crippen molar-refractivity contribution in [3.8, 4) is 0 Å². The summed E-state index contributed by atoms with van der Waals surface area (Å²) in [7, 11) is 1.60. The lowest BCUT2D eigenvalue weighted by atomic mass is 10.1. The standard InChI is InChI=1S/C15H17NO4/c1-3-4-8-20-14-13(18)12-10(9-17)6-5-7-11(12)16(2)15(14)19/h5-7,14,18H,3-4,8H2,1-2H3. The number of amides is 1. The summed E-state index contributed by atoms with van der Waals surface area (Å²) in [6.45, 7) is 2.39. The van der Waals surface area contributed by atoms with E-state index >= 15 is 0 Å². The fourth-order valence-corrected chi connectivity index (χ4v) is 2.21. The van der Waals surface area contributed by atoms with Gasteiger partial charge in [-0.3, -0.25) is 4.79 Å². The van der Waals surface area contributed by atoms with Gasteiger partial charge in [0.05, 0.1) is 16.1 Å². The molecule has 0 aromatic heterocycles. The lowest BCUT2D eigenvalue weighted by Crippen LogP contribution is -2.50. The van der Waals surface area contributed by atoms with Gasteiger partial charge in [-0.1, -0.05) is 19.4 Å². The molecule has 0 aliphatic carbocycles. The van der Waals surface area contributed by atoms with Crippen LogP contribution >= 0.6 is 0 Å². The quantitative estimate of drug-likeness (QED) is 0.787. The number of carbonyl (C=O) groups excluding carboxylic acids is 2. The van der Waals surface area contributed by atoms with E-state index in [1.807, 2.05) is 6.92 Å². The van der Waals surface area contributed by atoms with Crippen LogP contribution in [0.3, 0.4) is 0 Å². The van der Waals surface area contributed by atoms with E-state index < -0.39 is 6.10 Å². The number of rotatable bonds is 4. The van der Waals surface area contributed by atoms with E-state index in [4.69, 9.17) is 4.74 Å². The average molecular weight is 275 g/mol. The van der Waals surface area contributed by atoms with Crippen LogP contribution in [0.1, 0.15) is 19.8 Å². The monoisotopic (exact) mass is 275 g/mol. The molecule has 1 aromatic carbocycles. The van der Waals surface area contributed by atoms with Gasteiger partial charge < -0.3 is 14.7 Å². The Bertz CT molecular complexity index is 661. The molecule has 0 radical (unpaired) electrons. The van der Waals surface area contributed by atoms with Crippen LogP contribution in [0.15, 0.2) is 18.2 Å². The second kappa shape index (κ2) is 5.90. The zero-order valence-electron chi connectivity index (χ0n) is 11.5. The second-order valence-electron chi connectivity index (χ2n) is 4.69. The fraction of sp³-hybridized carbons (Fsp3) is 0.400. The van der Waals surface area contributed by atoms with Crippen molar-refractivity contribution in [3.63, 3.8) is 0 Å². The minimum atomic E-state index is -1.05. The Hall–Kier alpha value is -2.10. The third-order valence-electron chi connectivity index (χ3n) is 3.36. The van der Waals surface area contributed by atoms with Crippen molar-refractivity contribution in [1.82, 2.24) is 0 Å². The number of carbonyl (C=O) groups is 1. The summed E-state index contributed by atoms with van der Waals surface area (Å²) in [5.74, 6) is 1.24. The van der Waals surface area contributed by atoms with E-state index in [0.717, 1.165) is 12.8 Å². The predicted molar refractivity (Wildman–Crippen MR) is 74.6 cm³/mol. The number of ether oxygens (including phenoxy) is 1. The van der Waals surface area contributed by atoms with E-state index in [0.29, 0.717) is 17.5 Å². The van der Waals surface area contributed by atoms with Crippen molar-refractivity contribution in [2.45, 2.75) is 25.9 Å². The second-order valence-corrected chi connectivity index (χ2v) is 4.69. The molecule has 0 saturated carbocycles. The number of hydrogen-bond donors (Lipinski definition) is 1. The third kappa shape index (κ3) is 2.33. The number of likely N-dealkylation sites (N-methyl/N-ethyl adjacent to an activating group) is 1. The van der Waals surface area contributed by atoms with Gasteiger partial charge in [0.25, 0.3) is 5.91 Å². The van der Waals surface area contributed by atoms with E-state index in [1.165, 1.54) is 4.90 Å². The summed E-state index contributed by atoms with van der Waals surface area (Å²) in [5.41, 5.74) is 0.490. The molecule has 106 valence electrons. The average Bonchev–Trinajstić information content (AvgIpc) is 2.47. The van der Waals surface area contributed by atoms with E-state index in [2.05, 4.69) is 0 Å². The number of benzene rings is 1. The first-order valence-electron chi connectivity index (χ1n) is 6.58. The summed E-state index contributed by atoms with van der Waals surface area (Å²) in [4.78, 5) is 24.6. The van der Waals surface area contributed by atoms with Crippen molar-refractivity contribution in [3.05, 3.63) is 28.6 Å². The lowest BCUT2D eigenvalue weighted by Gasteiger charge is -2.28. The third-order valence-corrected chi connectivity index (χ3v) is 3.36. The fourth-order valence-electron chi connectivity index (χ4n) is 2.21. The molecule has 1 N–H and O–H groups in total. The number of aliphatic hydroxyl groups is 1. The number of anilines is 1. The van der Waals surface area contributed by atoms with Gasteiger partial charge in [0.15, 0.2) is 6.10 Å². The Labute approximate surface area is 116 Å². The number of aliphatic hydroxyl groups excluding tert-OH is 1. The topological polar surface area (TPSA) is 66.8 Å². The van der Waals surface area contributed by atoms with Gasteiger partial charge in [-0.2, -0.15) is 0 Å². The van der Waals surface area contributed by atoms with Crippen LogP contribution in [0.5, 0.6) is 0 Å². The molecule has 0 spiro atoms. The normalized spacial score (nSPS) is 17.9. The van der Waals surface area contributed by atoms with Gasteiger partial charge in [-0.15, -0.1) is 0 Å². The summed E-state index contributed by atoms with van der Waals surface area (Å²) in [6.07, 6.45) is 0.685. The van der Waals surface area contributed by atoms with Crippen LogP contribution in [0.2, 0.25) is 0 Å². The molecule has 1 heterocycles. The van der Waals surface area contributed by atoms with Gasteiger partial charge in [0.2, 0.25) is 0 Å². The van der Waals surface area contributed by atoms with E-state index in [1.54, 1.807) is 31.2 Å². The molecule has 2 rings (SSSR count). The molecule has 1 aliphatic rings. The molecule has 0 bridgehead atoms. The van der Waals surface area contributed by atoms with E-state index in [-0.39, 0.29) is 16.9 Å². The Balaban J connectivity index is 2.58. The van der Waals surface area contributed by atoms with Crippen LogP contribution < -0.4 is 15.3 Å². The molecule has 1 aliphatic heterocycles. The molecule has 0 saturated heterocycles. The number of hydrogen-bond acceptors (Lipinski definition) is 4. The van der Waals surface area contributed by atoms with Crippen molar-refractivity contribution < 1.29 is 19.4 Å². The van der Waals surface area contributed by atoms with Gasteiger partial charge in [-0.25, -0.2) is 4.79 Å². The Kier molecular flexibility index (Phi) is 4.23. The largest absolute Gasteiger partial charge is 0.508 e. The first kappa shape index (κ1) is 14.3. The van der Waals surface area contributed by atoms with Crippen LogP contribution in [0.4, 0.5) is 5.69 Å². The first-order valence-corrected chi connectivity index (χ1v) is 6.58. The van der Waals surface area contributed by atoms with Crippen LogP contribution in [0.25, 0.3) is 5.76 Å². The van der Waals surface area contributed by atoms with Gasteiger partial charge in [-0.05, 0) is 18.6 Å². The highest BCUT2D eigenvalue weighted by Crippen LogP contribution is 2.18. The van der Waals surface area contributed by atoms with E-state index in [9.17, 15) is 14.7 Å². The molecule has 5 nitrogen and oxygen atoms in total. The first-order chi connectivity index (χ1) is 9.61. The number of nitrogens with zero attached hydrogens (tertiary/aromatic N) is 1. The summed E-state index contributed by atoms with van der Waals surface area (Å²) in [5, 5.41) is 10.8. The number of fused-ring (bicyclic) bond motifs is 1. The zero-order chi connectivity index (χ0) is 14.7. The molecule has 1 aromatic rings. The van der Waals surface area contributed by atoms with Gasteiger partial charge in [0, 0.05) is 13.7 Å². The minimum absolute atomic E-state index is 0.210. The maximum absolute atomic E-state index is 12.2. The van der Waals surface area contributed by atoms with Crippen molar-refractivity contribution >= 4 is 23.3 Å². The smallest absolute Gasteiger partial charge is 0.263 e. The van der Waals surface area contributed by atoms with Crippen LogP contribution in [-0.4, -0.2) is 36.7 Å².